The Kier molecular flexibility index (Phi) is 3.96. The number of anilines is 2. The lowest BCUT2D eigenvalue weighted by molar-refractivity contribution is 0.0993. The summed E-state index contributed by atoms with van der Waals surface area (Å²) in [5.41, 5.74) is 6.86. The number of amides is 1. The number of benzene rings is 2. The van der Waals surface area contributed by atoms with Crippen LogP contribution in [0.1, 0.15) is 38.9 Å². The van der Waals surface area contributed by atoms with Crippen LogP contribution in [-0.2, 0) is 0 Å². The summed E-state index contributed by atoms with van der Waals surface area (Å²) >= 11 is 0. The Morgan fingerprint density at radius 1 is 0.962 bits per heavy atom. The molecule has 1 aromatic heterocycles. The van der Waals surface area contributed by atoms with Gasteiger partial charge < -0.3 is 5.32 Å². The number of carbonyl (C=O) groups excluding carboxylic acids is 1. The normalized spacial score (nSPS) is 15.9. The molecule has 0 saturated heterocycles. The number of nitrogens with zero attached hydrogens (tertiary/aromatic N) is 2. The molecule has 2 heterocycles. The number of fused-ring (bicyclic) bond motifs is 1. The Hall–Kier alpha value is -3.14. The van der Waals surface area contributed by atoms with Crippen LogP contribution >= 0.6 is 0 Å². The molecule has 4 heteroatoms. The van der Waals surface area contributed by atoms with Gasteiger partial charge in [0.25, 0.3) is 5.91 Å². The first-order valence-corrected chi connectivity index (χ1v) is 8.73. The maximum absolute atomic E-state index is 13.0. The van der Waals surface area contributed by atoms with Crippen LogP contribution in [0.15, 0.2) is 60.8 Å². The first kappa shape index (κ1) is 16.3. The van der Waals surface area contributed by atoms with Gasteiger partial charge in [0.1, 0.15) is 0 Å². The molecule has 2 aromatic carbocycles. The zero-order valence-corrected chi connectivity index (χ0v) is 15.2. The van der Waals surface area contributed by atoms with Crippen LogP contribution in [-0.4, -0.2) is 10.9 Å². The van der Waals surface area contributed by atoms with Crippen molar-refractivity contribution in [2.75, 3.05) is 10.2 Å². The highest BCUT2D eigenvalue weighted by atomic mass is 16.2. The van der Waals surface area contributed by atoms with Crippen molar-refractivity contribution >= 4 is 17.3 Å². The fourth-order valence-corrected chi connectivity index (χ4v) is 3.28. The number of rotatable bonds is 3. The minimum absolute atomic E-state index is 0.0294. The van der Waals surface area contributed by atoms with Gasteiger partial charge in [-0.1, -0.05) is 23.8 Å². The Labute approximate surface area is 153 Å². The minimum Gasteiger partial charge on any atom is -0.360 e. The van der Waals surface area contributed by atoms with E-state index in [1.165, 1.54) is 11.1 Å². The van der Waals surface area contributed by atoms with Gasteiger partial charge in [-0.3, -0.25) is 14.7 Å². The van der Waals surface area contributed by atoms with E-state index in [-0.39, 0.29) is 12.1 Å². The van der Waals surface area contributed by atoms with Gasteiger partial charge in [0.05, 0.1) is 11.3 Å². The van der Waals surface area contributed by atoms with Crippen LogP contribution in [0, 0.1) is 20.8 Å². The van der Waals surface area contributed by atoms with E-state index < -0.39 is 0 Å². The third-order valence-electron chi connectivity index (χ3n) is 4.93. The summed E-state index contributed by atoms with van der Waals surface area (Å²) in [7, 11) is 0. The van der Waals surface area contributed by atoms with Crippen LogP contribution in [0.4, 0.5) is 11.4 Å². The molecule has 26 heavy (non-hydrogen) atoms. The van der Waals surface area contributed by atoms with Crippen molar-refractivity contribution in [3.8, 4) is 0 Å². The molecule has 3 aromatic rings. The molecule has 0 saturated carbocycles. The van der Waals surface area contributed by atoms with E-state index >= 15 is 0 Å². The predicted octanol–water partition coefficient (Wildman–Crippen LogP) is 4.78. The monoisotopic (exact) mass is 343 g/mol. The molecule has 1 unspecified atom stereocenters. The maximum atomic E-state index is 13.0. The molecule has 1 aliphatic heterocycles. The molecular weight excluding hydrogens is 322 g/mol. The second-order valence-electron chi connectivity index (χ2n) is 6.79. The molecule has 130 valence electrons. The highest BCUT2D eigenvalue weighted by Crippen LogP contribution is 2.37. The van der Waals surface area contributed by atoms with Crippen molar-refractivity contribution < 1.29 is 4.79 Å². The van der Waals surface area contributed by atoms with E-state index in [2.05, 4.69) is 36.3 Å². The van der Waals surface area contributed by atoms with E-state index in [9.17, 15) is 4.79 Å². The van der Waals surface area contributed by atoms with Crippen molar-refractivity contribution in [2.45, 2.75) is 26.9 Å². The number of aromatic nitrogens is 1. The van der Waals surface area contributed by atoms with Crippen LogP contribution in [0.25, 0.3) is 0 Å². The summed E-state index contributed by atoms with van der Waals surface area (Å²) in [5.74, 6) is -0.0294. The molecule has 1 atom stereocenters. The van der Waals surface area contributed by atoms with Crippen molar-refractivity contribution in [1.29, 1.82) is 0 Å². The quantitative estimate of drug-likeness (QED) is 0.744. The van der Waals surface area contributed by atoms with E-state index in [0.717, 1.165) is 22.6 Å². The van der Waals surface area contributed by atoms with Gasteiger partial charge in [-0.2, -0.15) is 0 Å². The average Bonchev–Trinajstić information content (AvgIpc) is 2.92. The third-order valence-corrected chi connectivity index (χ3v) is 4.93. The summed E-state index contributed by atoms with van der Waals surface area (Å²) in [5, 5.41) is 3.50. The molecule has 0 bridgehead atoms. The third kappa shape index (κ3) is 2.73. The molecule has 1 amide bonds. The molecule has 1 aliphatic rings. The van der Waals surface area contributed by atoms with Gasteiger partial charge in [0.15, 0.2) is 6.17 Å². The first-order chi connectivity index (χ1) is 12.5. The van der Waals surface area contributed by atoms with Crippen LogP contribution in [0.3, 0.4) is 0 Å². The van der Waals surface area contributed by atoms with Gasteiger partial charge in [0, 0.05) is 17.6 Å². The van der Waals surface area contributed by atoms with Crippen molar-refractivity contribution in [2.24, 2.45) is 0 Å². The standard InChI is InChI=1S/C22H21N3O/c1-14-6-10-18(11-7-14)25-21(20-19(22(25)26)5-4-12-23-20)24-17-9-8-15(2)16(3)13-17/h4-13,21,24H,1-3H3. The lowest BCUT2D eigenvalue weighted by Crippen LogP contribution is -2.32. The Morgan fingerprint density at radius 3 is 2.46 bits per heavy atom. The molecule has 0 radical (unpaired) electrons. The molecule has 0 spiro atoms. The van der Waals surface area contributed by atoms with E-state index in [1.807, 2.05) is 49.4 Å². The molecule has 4 nitrogen and oxygen atoms in total. The van der Waals surface area contributed by atoms with Crippen molar-refractivity contribution in [3.63, 3.8) is 0 Å². The lowest BCUT2D eigenvalue weighted by Gasteiger charge is -2.27. The SMILES string of the molecule is Cc1ccc(N2C(=O)c3cccnc3C2Nc2ccc(C)c(C)c2)cc1. The van der Waals surface area contributed by atoms with E-state index in [1.54, 1.807) is 11.1 Å². The highest BCUT2D eigenvalue weighted by molar-refractivity contribution is 6.11. The smallest absolute Gasteiger partial charge is 0.262 e. The number of hydrogen-bond acceptors (Lipinski definition) is 3. The van der Waals surface area contributed by atoms with Crippen LogP contribution < -0.4 is 10.2 Å². The summed E-state index contributed by atoms with van der Waals surface area (Å²) in [4.78, 5) is 19.3. The van der Waals surface area contributed by atoms with E-state index in [0.29, 0.717) is 5.56 Å². The Bertz CT molecular complexity index is 979. The van der Waals surface area contributed by atoms with Crippen molar-refractivity contribution in [3.05, 3.63) is 88.7 Å². The Morgan fingerprint density at radius 2 is 1.73 bits per heavy atom. The lowest BCUT2D eigenvalue weighted by atomic mass is 10.1. The molecule has 1 N–H and O–H groups in total. The second-order valence-corrected chi connectivity index (χ2v) is 6.79. The average molecular weight is 343 g/mol. The number of aryl methyl sites for hydroxylation is 3. The largest absolute Gasteiger partial charge is 0.360 e. The highest BCUT2D eigenvalue weighted by Gasteiger charge is 2.38. The predicted molar refractivity (Wildman–Crippen MR) is 105 cm³/mol. The minimum atomic E-state index is -0.330. The fourth-order valence-electron chi connectivity index (χ4n) is 3.28. The summed E-state index contributed by atoms with van der Waals surface area (Å²) in [6, 6.07) is 17.9. The molecule has 4 rings (SSSR count). The van der Waals surface area contributed by atoms with E-state index in [4.69, 9.17) is 0 Å². The van der Waals surface area contributed by atoms with Crippen LogP contribution in [0.2, 0.25) is 0 Å². The Balaban J connectivity index is 1.77. The number of hydrogen-bond donors (Lipinski definition) is 1. The second kappa shape index (κ2) is 6.30. The zero-order valence-electron chi connectivity index (χ0n) is 15.2. The van der Waals surface area contributed by atoms with Crippen LogP contribution in [0.5, 0.6) is 0 Å². The fraction of sp³-hybridized carbons (Fsp3) is 0.182. The van der Waals surface area contributed by atoms with Gasteiger partial charge in [0.2, 0.25) is 0 Å². The maximum Gasteiger partial charge on any atom is 0.262 e. The summed E-state index contributed by atoms with van der Waals surface area (Å²) < 4.78 is 0. The molecule has 0 aliphatic carbocycles. The molecular formula is C22H21N3O. The topological polar surface area (TPSA) is 45.2 Å². The summed E-state index contributed by atoms with van der Waals surface area (Å²) in [6.07, 6.45) is 1.41. The molecule has 0 fully saturated rings. The van der Waals surface area contributed by atoms with Crippen molar-refractivity contribution in [1.82, 2.24) is 4.98 Å². The van der Waals surface area contributed by atoms with Gasteiger partial charge in [-0.15, -0.1) is 0 Å². The van der Waals surface area contributed by atoms with Gasteiger partial charge in [-0.05, 0) is 68.3 Å². The zero-order chi connectivity index (χ0) is 18.3. The number of pyridine rings is 1. The number of nitrogens with one attached hydrogen (secondary N) is 1. The first-order valence-electron chi connectivity index (χ1n) is 8.73. The van der Waals surface area contributed by atoms with Gasteiger partial charge in [-0.25, -0.2) is 0 Å². The summed E-state index contributed by atoms with van der Waals surface area (Å²) in [6.45, 7) is 6.22. The number of carbonyl (C=O) groups is 1. The van der Waals surface area contributed by atoms with Gasteiger partial charge >= 0.3 is 0 Å².